The third kappa shape index (κ3) is 2.30. The number of anilines is 2. The minimum atomic E-state index is -1.07. The van der Waals surface area contributed by atoms with E-state index in [2.05, 4.69) is 0 Å². The zero-order chi connectivity index (χ0) is 15.8. The molecule has 2 rings (SSSR count). The van der Waals surface area contributed by atoms with E-state index >= 15 is 0 Å². The fourth-order valence-electron chi connectivity index (χ4n) is 2.58. The number of amides is 1. The molecular formula is C15H20N2O4. The van der Waals surface area contributed by atoms with Gasteiger partial charge in [0.25, 0.3) is 5.91 Å². The van der Waals surface area contributed by atoms with Crippen molar-refractivity contribution in [1.82, 2.24) is 0 Å². The zero-order valence-electron chi connectivity index (χ0n) is 12.4. The first-order valence-corrected chi connectivity index (χ1v) is 7.01. The number of hydrogen-bond acceptors (Lipinski definition) is 4. The van der Waals surface area contributed by atoms with E-state index in [0.717, 1.165) is 0 Å². The van der Waals surface area contributed by atoms with Crippen LogP contribution in [-0.4, -0.2) is 28.6 Å². The van der Waals surface area contributed by atoms with Crippen LogP contribution in [0.2, 0.25) is 0 Å². The molecule has 0 aliphatic carbocycles. The molecule has 0 radical (unpaired) electrons. The summed E-state index contributed by atoms with van der Waals surface area (Å²) in [6.45, 7) is 5.19. The first-order valence-electron chi connectivity index (χ1n) is 7.01. The predicted octanol–water partition coefficient (Wildman–Crippen LogP) is 2.03. The second kappa shape index (κ2) is 5.27. The van der Waals surface area contributed by atoms with Crippen LogP contribution in [0.3, 0.4) is 0 Å². The molecule has 0 saturated carbocycles. The van der Waals surface area contributed by atoms with E-state index in [4.69, 9.17) is 10.5 Å². The van der Waals surface area contributed by atoms with Gasteiger partial charge in [-0.05, 0) is 38.0 Å². The maximum Gasteiger partial charge on any atom is 0.326 e. The smallest absolute Gasteiger partial charge is 0.326 e. The molecular weight excluding hydrogens is 272 g/mol. The van der Waals surface area contributed by atoms with Gasteiger partial charge in [-0.3, -0.25) is 9.69 Å². The molecule has 0 aromatic heterocycles. The number of benzene rings is 1. The second-order valence-electron chi connectivity index (χ2n) is 5.22. The molecule has 0 fully saturated rings. The lowest BCUT2D eigenvalue weighted by atomic mass is 9.92. The van der Waals surface area contributed by atoms with Crippen molar-refractivity contribution in [3.63, 3.8) is 0 Å². The van der Waals surface area contributed by atoms with E-state index < -0.39 is 17.6 Å². The summed E-state index contributed by atoms with van der Waals surface area (Å²) < 4.78 is 5.91. The molecule has 1 heterocycles. The Morgan fingerprint density at radius 2 is 2.05 bits per heavy atom. The summed E-state index contributed by atoms with van der Waals surface area (Å²) in [6, 6.07) is 3.94. The summed E-state index contributed by atoms with van der Waals surface area (Å²) in [7, 11) is 0. The second-order valence-corrected chi connectivity index (χ2v) is 5.22. The minimum Gasteiger partial charge on any atom is -0.480 e. The number of aliphatic carboxylic acids is 1. The van der Waals surface area contributed by atoms with Crippen molar-refractivity contribution >= 4 is 23.3 Å². The van der Waals surface area contributed by atoms with E-state index in [1.165, 1.54) is 11.8 Å². The molecule has 6 nitrogen and oxygen atoms in total. The average Bonchev–Trinajstić information content (AvgIpc) is 2.46. The van der Waals surface area contributed by atoms with Crippen molar-refractivity contribution < 1.29 is 19.4 Å². The van der Waals surface area contributed by atoms with Gasteiger partial charge < -0.3 is 15.6 Å². The highest BCUT2D eigenvalue weighted by atomic mass is 16.5. The molecule has 1 atom stereocenters. The number of carbonyl (C=O) groups excluding carboxylic acids is 1. The summed E-state index contributed by atoms with van der Waals surface area (Å²) in [4.78, 5) is 25.5. The van der Waals surface area contributed by atoms with E-state index in [1.54, 1.807) is 18.2 Å². The van der Waals surface area contributed by atoms with Crippen LogP contribution in [-0.2, 0) is 9.59 Å². The predicted molar refractivity (Wildman–Crippen MR) is 79.4 cm³/mol. The molecule has 1 aliphatic rings. The first kappa shape index (κ1) is 15.2. The topological polar surface area (TPSA) is 92.9 Å². The molecule has 1 amide bonds. The minimum absolute atomic E-state index is 0.333. The lowest BCUT2D eigenvalue weighted by Crippen LogP contribution is -2.59. The fraction of sp³-hybridized carbons (Fsp3) is 0.467. The number of carboxylic acids is 1. The molecule has 1 aliphatic heterocycles. The van der Waals surface area contributed by atoms with Crippen molar-refractivity contribution in [3.05, 3.63) is 18.2 Å². The lowest BCUT2D eigenvalue weighted by Gasteiger charge is -2.43. The van der Waals surface area contributed by atoms with E-state index in [1.807, 2.05) is 13.8 Å². The van der Waals surface area contributed by atoms with Crippen molar-refractivity contribution in [1.29, 1.82) is 0 Å². The molecule has 0 saturated heterocycles. The quantitative estimate of drug-likeness (QED) is 0.828. The highest BCUT2D eigenvalue weighted by Gasteiger charge is 2.48. The molecule has 21 heavy (non-hydrogen) atoms. The Hall–Kier alpha value is -2.24. The molecule has 0 bridgehead atoms. The van der Waals surface area contributed by atoms with E-state index in [-0.39, 0.29) is 5.91 Å². The molecule has 0 spiro atoms. The largest absolute Gasteiger partial charge is 0.480 e. The highest BCUT2D eigenvalue weighted by Crippen LogP contribution is 2.42. The van der Waals surface area contributed by atoms with Crippen LogP contribution >= 0.6 is 0 Å². The van der Waals surface area contributed by atoms with Crippen molar-refractivity contribution in [3.8, 4) is 5.75 Å². The SMILES string of the molecule is CCC1(CC)Oc2ccc(N)cc2N(C(C)C(=O)O)C1=O. The third-order valence-corrected chi connectivity index (χ3v) is 4.04. The zero-order valence-corrected chi connectivity index (χ0v) is 12.4. The lowest BCUT2D eigenvalue weighted by molar-refractivity contribution is -0.144. The van der Waals surface area contributed by atoms with Gasteiger partial charge in [-0.2, -0.15) is 0 Å². The van der Waals surface area contributed by atoms with Gasteiger partial charge in [0.2, 0.25) is 0 Å². The summed E-state index contributed by atoms with van der Waals surface area (Å²) in [5, 5.41) is 9.30. The number of fused-ring (bicyclic) bond motifs is 1. The normalized spacial score (nSPS) is 17.9. The maximum absolute atomic E-state index is 12.8. The van der Waals surface area contributed by atoms with E-state index in [9.17, 15) is 14.7 Å². The Morgan fingerprint density at radius 1 is 1.43 bits per heavy atom. The van der Waals surface area contributed by atoms with E-state index in [0.29, 0.717) is 30.0 Å². The van der Waals surface area contributed by atoms with Crippen LogP contribution in [0.15, 0.2) is 18.2 Å². The molecule has 1 unspecified atom stereocenters. The Labute approximate surface area is 123 Å². The number of nitrogens with two attached hydrogens (primary N) is 1. The summed E-state index contributed by atoms with van der Waals surface area (Å²) >= 11 is 0. The number of nitrogen functional groups attached to an aromatic ring is 1. The van der Waals surface area contributed by atoms with Crippen molar-refractivity contribution in [2.75, 3.05) is 10.6 Å². The molecule has 3 N–H and O–H groups in total. The number of nitrogens with zero attached hydrogens (tertiary/aromatic N) is 1. The van der Waals surface area contributed by atoms with Crippen LogP contribution in [0, 0.1) is 0 Å². The van der Waals surface area contributed by atoms with Gasteiger partial charge >= 0.3 is 5.97 Å². The van der Waals surface area contributed by atoms with Crippen LogP contribution in [0.5, 0.6) is 5.75 Å². The summed E-state index contributed by atoms with van der Waals surface area (Å²) in [5.74, 6) is -0.916. The van der Waals surface area contributed by atoms with Crippen molar-refractivity contribution in [2.45, 2.75) is 45.3 Å². The number of carbonyl (C=O) groups is 2. The Bertz CT molecular complexity index is 581. The van der Waals surface area contributed by atoms with Gasteiger partial charge in [0, 0.05) is 5.69 Å². The number of ether oxygens (including phenoxy) is 1. The van der Waals surface area contributed by atoms with Gasteiger partial charge in [-0.15, -0.1) is 0 Å². The highest BCUT2D eigenvalue weighted by molar-refractivity contribution is 6.06. The number of rotatable bonds is 4. The van der Waals surface area contributed by atoms with Crippen molar-refractivity contribution in [2.24, 2.45) is 0 Å². The first-order chi connectivity index (χ1) is 9.86. The Morgan fingerprint density at radius 3 is 2.57 bits per heavy atom. The molecule has 1 aromatic rings. The maximum atomic E-state index is 12.8. The van der Waals surface area contributed by atoms with Crippen LogP contribution in [0.25, 0.3) is 0 Å². The van der Waals surface area contributed by atoms with Crippen LogP contribution < -0.4 is 15.4 Å². The fourth-order valence-corrected chi connectivity index (χ4v) is 2.58. The number of carboxylic acid groups (broad SMARTS) is 1. The molecule has 114 valence electrons. The van der Waals surface area contributed by atoms with Gasteiger partial charge in [0.15, 0.2) is 5.60 Å². The summed E-state index contributed by atoms with van der Waals surface area (Å²) in [5.41, 5.74) is 5.60. The average molecular weight is 292 g/mol. The third-order valence-electron chi connectivity index (χ3n) is 4.04. The summed E-state index contributed by atoms with van der Waals surface area (Å²) in [6.07, 6.45) is 0.935. The molecule has 1 aromatic carbocycles. The number of hydrogen-bond donors (Lipinski definition) is 2. The van der Waals surface area contributed by atoms with Crippen LogP contribution in [0.4, 0.5) is 11.4 Å². The Kier molecular flexibility index (Phi) is 3.80. The van der Waals surface area contributed by atoms with Gasteiger partial charge in [-0.25, -0.2) is 4.79 Å². The molecule has 6 heteroatoms. The van der Waals surface area contributed by atoms with Gasteiger partial charge in [0.1, 0.15) is 11.8 Å². The van der Waals surface area contributed by atoms with Gasteiger partial charge in [-0.1, -0.05) is 13.8 Å². The van der Waals surface area contributed by atoms with Gasteiger partial charge in [0.05, 0.1) is 5.69 Å². The van der Waals surface area contributed by atoms with Crippen LogP contribution in [0.1, 0.15) is 33.6 Å². The Balaban J connectivity index is 2.63. The monoisotopic (exact) mass is 292 g/mol. The standard InChI is InChI=1S/C15H20N2O4/c1-4-15(5-2)14(20)17(9(3)13(18)19)11-8-10(16)6-7-12(11)21-15/h6-9H,4-5,16H2,1-3H3,(H,18,19).